The number of ether oxygens (including phenoxy) is 3. The Morgan fingerprint density at radius 3 is 2.08 bits per heavy atom. The van der Waals surface area contributed by atoms with Gasteiger partial charge < -0.3 is 19.5 Å². The summed E-state index contributed by atoms with van der Waals surface area (Å²) in [5.41, 5.74) is 4.03. The molecule has 0 spiro atoms. The van der Waals surface area contributed by atoms with Crippen molar-refractivity contribution >= 4 is 35.2 Å². The molecular formula is C32H32N2O6. The van der Waals surface area contributed by atoms with Crippen LogP contribution >= 0.6 is 0 Å². The van der Waals surface area contributed by atoms with Gasteiger partial charge in [-0.3, -0.25) is 14.5 Å². The first kappa shape index (κ1) is 28.2. The van der Waals surface area contributed by atoms with Crippen molar-refractivity contribution in [1.82, 2.24) is 0 Å². The fraction of sp³-hybridized carbons (Fsp3) is 0.219. The van der Waals surface area contributed by atoms with E-state index in [1.54, 1.807) is 68.5 Å². The van der Waals surface area contributed by atoms with E-state index in [0.717, 1.165) is 5.56 Å². The van der Waals surface area contributed by atoms with Crippen molar-refractivity contribution in [2.45, 2.75) is 27.7 Å². The molecule has 40 heavy (non-hydrogen) atoms. The maximum Gasteiger partial charge on any atom is 0.340 e. The minimum atomic E-state index is -0.562. The van der Waals surface area contributed by atoms with Crippen molar-refractivity contribution in [2.24, 2.45) is 0 Å². The number of aryl methyl sites for hydroxylation is 1. The number of anilines is 2. The highest BCUT2D eigenvalue weighted by Gasteiger charge is 2.38. The third kappa shape index (κ3) is 6.58. The van der Waals surface area contributed by atoms with Gasteiger partial charge in [0.15, 0.2) is 6.61 Å². The molecule has 0 radical (unpaired) electrons. The van der Waals surface area contributed by atoms with Crippen LogP contribution in [0.15, 0.2) is 89.6 Å². The number of rotatable bonds is 10. The first-order valence-corrected chi connectivity index (χ1v) is 13.1. The highest BCUT2D eigenvalue weighted by Crippen LogP contribution is 2.36. The fourth-order valence-corrected chi connectivity index (χ4v) is 4.26. The normalized spacial score (nSPS) is 13.9. The average molecular weight is 541 g/mol. The minimum Gasteiger partial charge on any atom is -0.494 e. The Kier molecular flexibility index (Phi) is 9.01. The van der Waals surface area contributed by atoms with Crippen LogP contribution in [0.3, 0.4) is 0 Å². The molecule has 0 aromatic heterocycles. The van der Waals surface area contributed by atoms with E-state index in [1.165, 1.54) is 4.90 Å². The quantitative estimate of drug-likeness (QED) is 0.263. The van der Waals surface area contributed by atoms with Crippen molar-refractivity contribution in [2.75, 3.05) is 30.0 Å². The van der Waals surface area contributed by atoms with Crippen LogP contribution in [0.2, 0.25) is 0 Å². The molecule has 3 aromatic carbocycles. The summed E-state index contributed by atoms with van der Waals surface area (Å²) in [5, 5.41) is 2.79. The molecule has 4 rings (SSSR count). The van der Waals surface area contributed by atoms with Crippen molar-refractivity contribution < 1.29 is 28.6 Å². The van der Waals surface area contributed by atoms with Gasteiger partial charge in [-0.1, -0.05) is 29.8 Å². The molecular weight excluding hydrogens is 508 g/mol. The summed E-state index contributed by atoms with van der Waals surface area (Å²) in [5.74, 6) is 0.00854. The summed E-state index contributed by atoms with van der Waals surface area (Å²) in [7, 11) is 0. The van der Waals surface area contributed by atoms with Crippen molar-refractivity contribution in [3.63, 3.8) is 0 Å². The summed E-state index contributed by atoms with van der Waals surface area (Å²) in [4.78, 5) is 40.2. The number of carbonyl (C=O) groups excluding carboxylic acids is 3. The molecule has 0 saturated carbocycles. The Morgan fingerprint density at radius 1 is 0.825 bits per heavy atom. The lowest BCUT2D eigenvalue weighted by atomic mass is 10.0. The number of hydrogen-bond acceptors (Lipinski definition) is 6. The summed E-state index contributed by atoms with van der Waals surface area (Å²) in [6, 6.07) is 21.5. The Bertz CT molecular complexity index is 1440. The molecule has 3 aromatic rings. The molecule has 0 unspecified atom stereocenters. The topological polar surface area (TPSA) is 94.2 Å². The van der Waals surface area contributed by atoms with Gasteiger partial charge in [0.25, 0.3) is 11.8 Å². The predicted octanol–water partition coefficient (Wildman–Crippen LogP) is 5.68. The molecule has 8 heteroatoms. The van der Waals surface area contributed by atoms with E-state index in [2.05, 4.69) is 5.32 Å². The van der Waals surface area contributed by atoms with Gasteiger partial charge in [-0.2, -0.15) is 0 Å². The Balaban J connectivity index is 1.51. The molecule has 206 valence electrons. The smallest absolute Gasteiger partial charge is 0.340 e. The van der Waals surface area contributed by atoms with Crippen molar-refractivity contribution in [1.29, 1.82) is 0 Å². The first-order valence-electron chi connectivity index (χ1n) is 13.1. The van der Waals surface area contributed by atoms with E-state index < -0.39 is 5.97 Å². The third-order valence-corrected chi connectivity index (χ3v) is 6.18. The van der Waals surface area contributed by atoms with E-state index in [1.807, 2.05) is 38.1 Å². The standard InChI is InChI=1S/C32H32N2O6/c1-5-38-26-17-13-25(14-18-26)34-22(4)30(32(37)39-6-2)28(31(34)36)19-23-9-15-27(16-10-23)40-20-29(35)33-24-11-7-21(3)8-12-24/h7-19H,5-6,20H2,1-4H3,(H,33,35)/b28-19-. The van der Waals surface area contributed by atoms with Crippen molar-refractivity contribution in [3.05, 3.63) is 101 Å². The zero-order valence-corrected chi connectivity index (χ0v) is 23.0. The number of benzene rings is 3. The van der Waals surface area contributed by atoms with Crippen LogP contribution in [0.1, 0.15) is 31.9 Å². The van der Waals surface area contributed by atoms with Gasteiger partial charge in [0.1, 0.15) is 11.5 Å². The van der Waals surface area contributed by atoms with E-state index in [0.29, 0.717) is 40.7 Å². The number of hydrogen-bond donors (Lipinski definition) is 1. The van der Waals surface area contributed by atoms with E-state index in [9.17, 15) is 14.4 Å². The lowest BCUT2D eigenvalue weighted by molar-refractivity contribution is -0.138. The maximum atomic E-state index is 13.6. The Labute approximate surface area is 233 Å². The third-order valence-electron chi connectivity index (χ3n) is 6.18. The summed E-state index contributed by atoms with van der Waals surface area (Å²) < 4.78 is 16.4. The van der Waals surface area contributed by atoms with Gasteiger partial charge in [0.2, 0.25) is 0 Å². The van der Waals surface area contributed by atoms with E-state index in [-0.39, 0.29) is 36.2 Å². The zero-order valence-electron chi connectivity index (χ0n) is 23.0. The molecule has 8 nitrogen and oxygen atoms in total. The molecule has 1 heterocycles. The van der Waals surface area contributed by atoms with E-state index >= 15 is 0 Å². The van der Waals surface area contributed by atoms with Crippen molar-refractivity contribution in [3.8, 4) is 11.5 Å². The number of nitrogens with one attached hydrogen (secondary N) is 1. The molecule has 0 bridgehead atoms. The monoisotopic (exact) mass is 540 g/mol. The number of allylic oxidation sites excluding steroid dienone is 1. The fourth-order valence-electron chi connectivity index (χ4n) is 4.26. The highest BCUT2D eigenvalue weighted by atomic mass is 16.5. The number of nitrogens with zero attached hydrogens (tertiary/aromatic N) is 1. The second kappa shape index (κ2) is 12.8. The van der Waals surface area contributed by atoms with Gasteiger partial charge in [-0.05, 0) is 87.9 Å². The molecule has 1 aliphatic heterocycles. The molecule has 2 amide bonds. The summed E-state index contributed by atoms with van der Waals surface area (Å²) in [6.45, 7) is 7.88. The molecule has 0 fully saturated rings. The molecule has 1 aliphatic rings. The van der Waals surface area contributed by atoms with Crippen LogP contribution in [-0.4, -0.2) is 37.6 Å². The highest BCUT2D eigenvalue weighted by molar-refractivity contribution is 6.23. The van der Waals surface area contributed by atoms with Crippen LogP contribution in [0.4, 0.5) is 11.4 Å². The minimum absolute atomic E-state index is 0.154. The summed E-state index contributed by atoms with van der Waals surface area (Å²) >= 11 is 0. The molecule has 0 aliphatic carbocycles. The Hall–Kier alpha value is -4.85. The maximum absolute atomic E-state index is 13.6. The van der Waals surface area contributed by atoms with Gasteiger partial charge in [0.05, 0.1) is 24.4 Å². The SMILES string of the molecule is CCOC(=O)C1=C(C)N(c2ccc(OCC)cc2)C(=O)/C1=C\c1ccc(OCC(=O)Nc2ccc(C)cc2)cc1. The molecule has 1 N–H and O–H groups in total. The zero-order chi connectivity index (χ0) is 28.6. The van der Waals surface area contributed by atoms with Crippen LogP contribution in [-0.2, 0) is 19.1 Å². The van der Waals surface area contributed by atoms with Crippen LogP contribution in [0, 0.1) is 6.92 Å². The molecule has 0 atom stereocenters. The largest absolute Gasteiger partial charge is 0.494 e. The lowest BCUT2D eigenvalue weighted by Crippen LogP contribution is -2.24. The summed E-state index contributed by atoms with van der Waals surface area (Å²) in [6.07, 6.45) is 1.65. The van der Waals surface area contributed by atoms with Crippen LogP contribution < -0.4 is 19.7 Å². The lowest BCUT2D eigenvalue weighted by Gasteiger charge is -2.18. The van der Waals surface area contributed by atoms with Gasteiger partial charge in [0, 0.05) is 17.1 Å². The second-order valence-electron chi connectivity index (χ2n) is 9.08. The second-order valence-corrected chi connectivity index (χ2v) is 9.08. The first-order chi connectivity index (χ1) is 19.3. The number of amides is 2. The van der Waals surface area contributed by atoms with Gasteiger partial charge in [-0.25, -0.2) is 4.79 Å². The predicted molar refractivity (Wildman–Crippen MR) is 154 cm³/mol. The van der Waals surface area contributed by atoms with Gasteiger partial charge in [-0.15, -0.1) is 0 Å². The average Bonchev–Trinajstić information content (AvgIpc) is 3.19. The van der Waals surface area contributed by atoms with E-state index in [4.69, 9.17) is 14.2 Å². The van der Waals surface area contributed by atoms with Crippen LogP contribution in [0.25, 0.3) is 6.08 Å². The van der Waals surface area contributed by atoms with Gasteiger partial charge >= 0.3 is 5.97 Å². The molecule has 0 saturated heterocycles. The van der Waals surface area contributed by atoms with Crippen LogP contribution in [0.5, 0.6) is 11.5 Å². The number of esters is 1. The Morgan fingerprint density at radius 2 is 1.45 bits per heavy atom. The number of carbonyl (C=O) groups is 3.